The molecule has 1 aliphatic rings. The molecule has 4 nitrogen and oxygen atoms in total. The lowest BCUT2D eigenvalue weighted by Gasteiger charge is -2.28. The van der Waals surface area contributed by atoms with E-state index in [1.807, 2.05) is 23.1 Å². The van der Waals surface area contributed by atoms with Gasteiger partial charge in [-0.15, -0.1) is 0 Å². The van der Waals surface area contributed by atoms with Crippen LogP contribution in [-0.2, 0) is 4.79 Å². The molecule has 1 aliphatic carbocycles. The number of anilines is 1. The van der Waals surface area contributed by atoms with Gasteiger partial charge < -0.3 is 4.90 Å². The number of hydrogen-bond acceptors (Lipinski definition) is 4. The number of nitrogens with zero attached hydrogens (tertiary/aromatic N) is 3. The van der Waals surface area contributed by atoms with Gasteiger partial charge in [0.1, 0.15) is 5.52 Å². The van der Waals surface area contributed by atoms with Gasteiger partial charge in [-0.1, -0.05) is 48.3 Å². The molecule has 0 N–H and O–H groups in total. The highest BCUT2D eigenvalue weighted by atomic mass is 35.5. The molecule has 0 bridgehead atoms. The number of hydrogen-bond donors (Lipinski definition) is 0. The van der Waals surface area contributed by atoms with E-state index >= 15 is 0 Å². The zero-order valence-electron chi connectivity index (χ0n) is 15.0. The molecule has 0 atom stereocenters. The zero-order valence-corrected chi connectivity index (χ0v) is 16.6. The first-order chi connectivity index (χ1) is 12.1. The molecule has 1 fully saturated rings. The molecule has 2 aromatic rings. The number of thiazole rings is 1. The number of benzene rings is 1. The van der Waals surface area contributed by atoms with Gasteiger partial charge in [-0.3, -0.25) is 9.69 Å². The maximum absolute atomic E-state index is 13.2. The summed E-state index contributed by atoms with van der Waals surface area (Å²) in [5, 5.41) is 1.44. The summed E-state index contributed by atoms with van der Waals surface area (Å²) in [7, 11) is 4.12. The Morgan fingerprint density at radius 2 is 2.00 bits per heavy atom. The summed E-state index contributed by atoms with van der Waals surface area (Å²) in [6.45, 7) is 1.67. The number of carbonyl (C=O) groups excluding carboxylic acids is 1. The Kier molecular flexibility index (Phi) is 6.31. The zero-order chi connectivity index (χ0) is 17.8. The van der Waals surface area contributed by atoms with Crippen molar-refractivity contribution in [3.63, 3.8) is 0 Å². The van der Waals surface area contributed by atoms with Crippen LogP contribution in [0.15, 0.2) is 18.2 Å². The van der Waals surface area contributed by atoms with Crippen molar-refractivity contribution in [1.82, 2.24) is 9.88 Å². The van der Waals surface area contributed by atoms with Crippen molar-refractivity contribution in [2.75, 3.05) is 32.1 Å². The van der Waals surface area contributed by atoms with Crippen LogP contribution in [0, 0.1) is 5.92 Å². The van der Waals surface area contributed by atoms with Crippen LogP contribution in [0.5, 0.6) is 0 Å². The number of carbonyl (C=O) groups is 1. The number of aromatic nitrogens is 1. The van der Waals surface area contributed by atoms with E-state index in [1.54, 1.807) is 11.3 Å². The Bertz CT molecular complexity index is 725. The molecule has 0 spiro atoms. The molecule has 0 unspecified atom stereocenters. The first-order valence-electron chi connectivity index (χ1n) is 9.07. The van der Waals surface area contributed by atoms with Crippen molar-refractivity contribution in [1.29, 1.82) is 0 Å². The van der Waals surface area contributed by atoms with Gasteiger partial charge in [-0.05, 0) is 52.0 Å². The molecule has 25 heavy (non-hydrogen) atoms. The fourth-order valence-electron chi connectivity index (χ4n) is 3.43. The minimum Gasteiger partial charge on any atom is -0.309 e. The third kappa shape index (κ3) is 4.52. The summed E-state index contributed by atoms with van der Waals surface area (Å²) in [4.78, 5) is 22.0. The van der Waals surface area contributed by atoms with E-state index in [0.717, 1.165) is 54.0 Å². The second-order valence-corrected chi connectivity index (χ2v) is 8.48. The average Bonchev–Trinajstić information content (AvgIpc) is 3.04. The molecule has 0 radical (unpaired) electrons. The normalized spacial score (nSPS) is 15.8. The van der Waals surface area contributed by atoms with Crippen LogP contribution in [0.1, 0.15) is 38.5 Å². The van der Waals surface area contributed by atoms with E-state index < -0.39 is 0 Å². The van der Waals surface area contributed by atoms with Gasteiger partial charge in [-0.2, -0.15) is 0 Å². The van der Waals surface area contributed by atoms with Crippen molar-refractivity contribution < 1.29 is 4.79 Å². The third-order valence-electron chi connectivity index (χ3n) is 4.80. The van der Waals surface area contributed by atoms with Gasteiger partial charge in [0.05, 0.1) is 9.72 Å². The number of halogens is 1. The van der Waals surface area contributed by atoms with Crippen LogP contribution in [-0.4, -0.2) is 43.0 Å². The summed E-state index contributed by atoms with van der Waals surface area (Å²) in [5.41, 5.74) is 0.804. The lowest BCUT2D eigenvalue weighted by atomic mass is 9.88. The first-order valence-corrected chi connectivity index (χ1v) is 10.3. The molecule has 0 saturated heterocycles. The van der Waals surface area contributed by atoms with Crippen molar-refractivity contribution in [3.05, 3.63) is 23.2 Å². The summed E-state index contributed by atoms with van der Waals surface area (Å²) in [6.07, 6.45) is 6.53. The van der Waals surface area contributed by atoms with Crippen molar-refractivity contribution in [2.24, 2.45) is 5.92 Å². The molecular weight excluding hydrogens is 354 g/mol. The van der Waals surface area contributed by atoms with Crippen molar-refractivity contribution in [3.8, 4) is 0 Å². The van der Waals surface area contributed by atoms with E-state index in [4.69, 9.17) is 16.6 Å². The van der Waals surface area contributed by atoms with Gasteiger partial charge >= 0.3 is 0 Å². The quantitative estimate of drug-likeness (QED) is 0.722. The van der Waals surface area contributed by atoms with Crippen LogP contribution in [0.3, 0.4) is 0 Å². The molecule has 136 valence electrons. The lowest BCUT2D eigenvalue weighted by Crippen LogP contribution is -2.38. The summed E-state index contributed by atoms with van der Waals surface area (Å²) in [6, 6.07) is 5.81. The highest BCUT2D eigenvalue weighted by Crippen LogP contribution is 2.35. The van der Waals surface area contributed by atoms with Crippen LogP contribution < -0.4 is 4.90 Å². The fraction of sp³-hybridized carbons (Fsp3) is 0.579. The van der Waals surface area contributed by atoms with Gasteiger partial charge in [0.2, 0.25) is 5.91 Å². The maximum atomic E-state index is 13.2. The van der Waals surface area contributed by atoms with Crippen LogP contribution in [0.2, 0.25) is 5.02 Å². The standard InChI is InChI=1S/C19H26ClN3OS/c1-22(2)12-7-13-23(18(24)14-8-4-3-5-9-14)19-21-17-15(20)10-6-11-16(17)25-19/h6,10-11,14H,3-5,7-9,12-13H2,1-2H3. The second-order valence-electron chi connectivity index (χ2n) is 7.06. The Hall–Kier alpha value is -1.17. The molecule has 1 amide bonds. The predicted octanol–water partition coefficient (Wildman–Crippen LogP) is 4.81. The van der Waals surface area contributed by atoms with Crippen molar-refractivity contribution in [2.45, 2.75) is 38.5 Å². The Morgan fingerprint density at radius 1 is 1.24 bits per heavy atom. The van der Waals surface area contributed by atoms with Gasteiger partial charge in [0, 0.05) is 12.5 Å². The van der Waals surface area contributed by atoms with Gasteiger partial charge in [-0.25, -0.2) is 4.98 Å². The number of fused-ring (bicyclic) bond motifs is 1. The minimum atomic E-state index is 0.149. The van der Waals surface area contributed by atoms with Crippen LogP contribution in [0.25, 0.3) is 10.2 Å². The summed E-state index contributed by atoms with van der Waals surface area (Å²) in [5.74, 6) is 0.393. The molecule has 0 aliphatic heterocycles. The highest BCUT2D eigenvalue weighted by Gasteiger charge is 2.28. The summed E-state index contributed by atoms with van der Waals surface area (Å²) < 4.78 is 1.04. The lowest BCUT2D eigenvalue weighted by molar-refractivity contribution is -0.123. The van der Waals surface area contributed by atoms with Gasteiger partial charge in [0.25, 0.3) is 0 Å². The van der Waals surface area contributed by atoms with E-state index in [1.165, 1.54) is 6.42 Å². The largest absolute Gasteiger partial charge is 0.309 e. The first kappa shape index (κ1) is 18.6. The smallest absolute Gasteiger partial charge is 0.231 e. The predicted molar refractivity (Wildman–Crippen MR) is 107 cm³/mol. The van der Waals surface area contributed by atoms with Crippen LogP contribution in [0.4, 0.5) is 5.13 Å². The Labute approximate surface area is 158 Å². The summed E-state index contributed by atoms with van der Waals surface area (Å²) >= 11 is 7.85. The Morgan fingerprint density at radius 3 is 2.68 bits per heavy atom. The monoisotopic (exact) mass is 379 g/mol. The molecule has 1 heterocycles. The fourth-order valence-corrected chi connectivity index (χ4v) is 4.73. The maximum Gasteiger partial charge on any atom is 0.231 e. The molecule has 6 heteroatoms. The topological polar surface area (TPSA) is 36.4 Å². The van der Waals surface area contributed by atoms with E-state index in [2.05, 4.69) is 19.0 Å². The molecule has 1 aromatic carbocycles. The second kappa shape index (κ2) is 8.47. The van der Waals surface area contributed by atoms with E-state index in [9.17, 15) is 4.79 Å². The molecule has 1 saturated carbocycles. The SMILES string of the molecule is CN(C)CCCN(C(=O)C1CCCCC1)c1nc2c(Cl)cccc2s1. The highest BCUT2D eigenvalue weighted by molar-refractivity contribution is 7.22. The molecule has 3 rings (SSSR count). The van der Waals surface area contributed by atoms with Crippen LogP contribution >= 0.6 is 22.9 Å². The minimum absolute atomic E-state index is 0.149. The van der Waals surface area contributed by atoms with Crippen molar-refractivity contribution >= 4 is 44.2 Å². The molecule has 1 aromatic heterocycles. The van der Waals surface area contributed by atoms with E-state index in [-0.39, 0.29) is 11.8 Å². The van der Waals surface area contributed by atoms with Gasteiger partial charge in [0.15, 0.2) is 5.13 Å². The average molecular weight is 380 g/mol. The number of para-hydroxylation sites is 1. The van der Waals surface area contributed by atoms with E-state index in [0.29, 0.717) is 11.6 Å². The number of amides is 1. The third-order valence-corrected chi connectivity index (χ3v) is 6.15. The Balaban J connectivity index is 1.85. The number of rotatable bonds is 6. The molecular formula is C19H26ClN3OS.